The van der Waals surface area contributed by atoms with Crippen molar-refractivity contribution in [1.29, 1.82) is 0 Å². The SMILES string of the molecule is Cc1ccc(C(=O)O)c(N2CC(O)CC2=O)c1C. The summed E-state index contributed by atoms with van der Waals surface area (Å²) in [5.74, 6) is -1.30. The van der Waals surface area contributed by atoms with Crippen molar-refractivity contribution in [3.05, 3.63) is 28.8 Å². The number of aliphatic hydroxyl groups excluding tert-OH is 1. The molecule has 1 aromatic carbocycles. The van der Waals surface area contributed by atoms with Gasteiger partial charge < -0.3 is 15.1 Å². The van der Waals surface area contributed by atoms with Gasteiger partial charge in [-0.2, -0.15) is 0 Å². The summed E-state index contributed by atoms with van der Waals surface area (Å²) in [6.45, 7) is 3.81. The van der Waals surface area contributed by atoms with Gasteiger partial charge in [0.2, 0.25) is 5.91 Å². The Balaban J connectivity index is 2.58. The third-order valence-corrected chi connectivity index (χ3v) is 3.31. The van der Waals surface area contributed by atoms with Gasteiger partial charge in [0, 0.05) is 0 Å². The highest BCUT2D eigenvalue weighted by Crippen LogP contribution is 2.31. The Kier molecular flexibility index (Phi) is 3.09. The summed E-state index contributed by atoms with van der Waals surface area (Å²) < 4.78 is 0. The van der Waals surface area contributed by atoms with E-state index in [0.717, 1.165) is 11.1 Å². The molecule has 5 heteroatoms. The molecule has 1 saturated heterocycles. The first-order chi connectivity index (χ1) is 8.41. The fraction of sp³-hybridized carbons (Fsp3) is 0.385. The lowest BCUT2D eigenvalue weighted by Gasteiger charge is -2.22. The Bertz CT molecular complexity index is 524. The molecule has 0 radical (unpaired) electrons. The van der Waals surface area contributed by atoms with Crippen molar-refractivity contribution < 1.29 is 19.8 Å². The maximum atomic E-state index is 11.8. The second-order valence-electron chi connectivity index (χ2n) is 4.57. The monoisotopic (exact) mass is 249 g/mol. The van der Waals surface area contributed by atoms with E-state index in [2.05, 4.69) is 0 Å². The van der Waals surface area contributed by atoms with Gasteiger partial charge in [-0.1, -0.05) is 6.07 Å². The Morgan fingerprint density at radius 1 is 1.39 bits per heavy atom. The van der Waals surface area contributed by atoms with E-state index in [4.69, 9.17) is 0 Å². The molecule has 1 atom stereocenters. The molecule has 0 saturated carbocycles. The van der Waals surface area contributed by atoms with Gasteiger partial charge in [-0.25, -0.2) is 4.79 Å². The number of hydrogen-bond acceptors (Lipinski definition) is 3. The van der Waals surface area contributed by atoms with Gasteiger partial charge in [0.1, 0.15) is 0 Å². The van der Waals surface area contributed by atoms with Gasteiger partial charge in [0.15, 0.2) is 0 Å². The molecule has 0 bridgehead atoms. The van der Waals surface area contributed by atoms with E-state index in [1.165, 1.54) is 11.0 Å². The Hall–Kier alpha value is -1.88. The number of aliphatic hydroxyl groups is 1. The average molecular weight is 249 g/mol. The van der Waals surface area contributed by atoms with Crippen LogP contribution >= 0.6 is 0 Å². The number of carboxylic acids is 1. The van der Waals surface area contributed by atoms with Gasteiger partial charge in [-0.15, -0.1) is 0 Å². The zero-order valence-corrected chi connectivity index (χ0v) is 10.3. The van der Waals surface area contributed by atoms with Crippen molar-refractivity contribution in [2.45, 2.75) is 26.4 Å². The first-order valence-corrected chi connectivity index (χ1v) is 5.73. The first kappa shape index (κ1) is 12.6. The standard InChI is InChI=1S/C13H15NO4/c1-7-3-4-10(13(17)18)12(8(7)2)14-6-9(15)5-11(14)16/h3-4,9,15H,5-6H2,1-2H3,(H,17,18). The number of amides is 1. The minimum absolute atomic E-state index is 0.0481. The van der Waals surface area contributed by atoms with E-state index in [9.17, 15) is 19.8 Å². The van der Waals surface area contributed by atoms with Crippen molar-refractivity contribution in [3.8, 4) is 0 Å². The fourth-order valence-electron chi connectivity index (χ4n) is 2.23. The van der Waals surface area contributed by atoms with E-state index in [0.29, 0.717) is 5.69 Å². The minimum Gasteiger partial charge on any atom is -0.478 e. The normalized spacial score (nSPS) is 19.4. The minimum atomic E-state index is -1.07. The summed E-state index contributed by atoms with van der Waals surface area (Å²) in [5, 5.41) is 18.7. The van der Waals surface area contributed by atoms with Crippen molar-refractivity contribution >= 4 is 17.6 Å². The molecular weight excluding hydrogens is 234 g/mol. The van der Waals surface area contributed by atoms with Crippen LogP contribution in [-0.2, 0) is 4.79 Å². The van der Waals surface area contributed by atoms with Gasteiger partial charge in [0.05, 0.1) is 30.3 Å². The topological polar surface area (TPSA) is 77.8 Å². The van der Waals surface area contributed by atoms with E-state index in [1.54, 1.807) is 13.0 Å². The molecule has 1 heterocycles. The van der Waals surface area contributed by atoms with Gasteiger partial charge in [-0.3, -0.25) is 4.79 Å². The third kappa shape index (κ3) is 1.97. The summed E-state index contributed by atoms with van der Waals surface area (Å²) in [6.07, 6.45) is -0.675. The average Bonchev–Trinajstić information content (AvgIpc) is 2.61. The van der Waals surface area contributed by atoms with E-state index >= 15 is 0 Å². The molecule has 0 aromatic heterocycles. The molecule has 18 heavy (non-hydrogen) atoms. The highest BCUT2D eigenvalue weighted by Gasteiger charge is 2.32. The Labute approximate surface area is 105 Å². The van der Waals surface area contributed by atoms with E-state index < -0.39 is 12.1 Å². The molecule has 0 spiro atoms. The molecule has 1 aromatic rings. The second kappa shape index (κ2) is 4.42. The van der Waals surface area contributed by atoms with Crippen LogP contribution in [0.2, 0.25) is 0 Å². The van der Waals surface area contributed by atoms with Crippen LogP contribution in [-0.4, -0.2) is 34.7 Å². The molecule has 0 aliphatic carbocycles. The van der Waals surface area contributed by atoms with Crippen molar-refractivity contribution in [3.63, 3.8) is 0 Å². The number of aromatic carboxylic acids is 1. The summed E-state index contributed by atoms with van der Waals surface area (Å²) in [7, 11) is 0. The molecule has 2 N–H and O–H groups in total. The molecule has 1 unspecified atom stereocenters. The molecule has 1 aliphatic heterocycles. The van der Waals surface area contributed by atoms with Crippen LogP contribution in [0.3, 0.4) is 0 Å². The number of hydrogen-bond donors (Lipinski definition) is 2. The van der Waals surface area contributed by atoms with Crippen LogP contribution in [0.1, 0.15) is 27.9 Å². The fourth-order valence-corrected chi connectivity index (χ4v) is 2.23. The quantitative estimate of drug-likeness (QED) is 0.822. The molecule has 1 fully saturated rings. The maximum Gasteiger partial charge on any atom is 0.337 e. The smallest absolute Gasteiger partial charge is 0.337 e. The lowest BCUT2D eigenvalue weighted by Crippen LogP contribution is -2.28. The van der Waals surface area contributed by atoms with E-state index in [1.807, 2.05) is 6.92 Å². The number of anilines is 1. The Morgan fingerprint density at radius 2 is 2.06 bits per heavy atom. The zero-order chi connectivity index (χ0) is 13.4. The van der Waals surface area contributed by atoms with Crippen LogP contribution < -0.4 is 4.90 Å². The lowest BCUT2D eigenvalue weighted by atomic mass is 10.0. The molecule has 1 amide bonds. The molecule has 2 rings (SSSR count). The number of aryl methyl sites for hydroxylation is 1. The predicted molar refractivity (Wildman–Crippen MR) is 65.9 cm³/mol. The maximum absolute atomic E-state index is 11.8. The molecule has 1 aliphatic rings. The van der Waals surface area contributed by atoms with Crippen molar-refractivity contribution in [1.82, 2.24) is 0 Å². The van der Waals surface area contributed by atoms with Crippen LogP contribution in [0.5, 0.6) is 0 Å². The van der Waals surface area contributed by atoms with E-state index in [-0.39, 0.29) is 24.4 Å². The van der Waals surface area contributed by atoms with Gasteiger partial charge >= 0.3 is 5.97 Å². The number of benzene rings is 1. The number of carbonyl (C=O) groups excluding carboxylic acids is 1. The lowest BCUT2D eigenvalue weighted by molar-refractivity contribution is -0.117. The van der Waals surface area contributed by atoms with Gasteiger partial charge in [-0.05, 0) is 31.0 Å². The van der Waals surface area contributed by atoms with Crippen LogP contribution in [0.25, 0.3) is 0 Å². The number of nitrogens with zero attached hydrogens (tertiary/aromatic N) is 1. The number of rotatable bonds is 2. The highest BCUT2D eigenvalue weighted by atomic mass is 16.4. The summed E-state index contributed by atoms with van der Waals surface area (Å²) in [6, 6.07) is 3.22. The first-order valence-electron chi connectivity index (χ1n) is 5.73. The van der Waals surface area contributed by atoms with Crippen LogP contribution in [0, 0.1) is 13.8 Å². The summed E-state index contributed by atoms with van der Waals surface area (Å²) in [5.41, 5.74) is 2.19. The number of carboxylic acid groups (broad SMARTS) is 1. The number of β-amino-alcohol motifs (C(OH)–C–C–N with tert-alkyl or cyclic N) is 1. The summed E-state index contributed by atoms with van der Waals surface area (Å²) in [4.78, 5) is 24.4. The highest BCUT2D eigenvalue weighted by molar-refractivity contribution is 6.04. The zero-order valence-electron chi connectivity index (χ0n) is 10.3. The largest absolute Gasteiger partial charge is 0.478 e. The predicted octanol–water partition coefficient (Wildman–Crippen LogP) is 1.10. The van der Waals surface area contributed by atoms with Crippen LogP contribution in [0.15, 0.2) is 12.1 Å². The molecule has 96 valence electrons. The van der Waals surface area contributed by atoms with Crippen molar-refractivity contribution in [2.75, 3.05) is 11.4 Å². The van der Waals surface area contributed by atoms with Crippen LogP contribution in [0.4, 0.5) is 5.69 Å². The molecule has 5 nitrogen and oxygen atoms in total. The summed E-state index contributed by atoms with van der Waals surface area (Å²) >= 11 is 0. The van der Waals surface area contributed by atoms with Gasteiger partial charge in [0.25, 0.3) is 0 Å². The number of carbonyl (C=O) groups is 2. The molecular formula is C13H15NO4. The Morgan fingerprint density at radius 3 is 2.56 bits per heavy atom. The second-order valence-corrected chi connectivity index (χ2v) is 4.57. The van der Waals surface area contributed by atoms with Crippen molar-refractivity contribution in [2.24, 2.45) is 0 Å². The third-order valence-electron chi connectivity index (χ3n) is 3.31.